The van der Waals surface area contributed by atoms with E-state index in [1.807, 2.05) is 18.2 Å². The van der Waals surface area contributed by atoms with E-state index in [4.69, 9.17) is 24.7 Å². The van der Waals surface area contributed by atoms with E-state index in [2.05, 4.69) is 10.3 Å². The van der Waals surface area contributed by atoms with Gasteiger partial charge in [-0.15, -0.1) is 24.0 Å². The van der Waals surface area contributed by atoms with Crippen LogP contribution in [0.1, 0.15) is 37.7 Å². The van der Waals surface area contributed by atoms with Gasteiger partial charge >= 0.3 is 0 Å². The number of methoxy groups -OCH3 is 2. The number of halogens is 1. The largest absolute Gasteiger partial charge is 0.493 e. The molecule has 0 amide bonds. The maximum absolute atomic E-state index is 6.13. The normalized spacial score (nSPS) is 21.6. The lowest BCUT2D eigenvalue weighted by Crippen LogP contribution is -2.40. The summed E-state index contributed by atoms with van der Waals surface area (Å²) < 4.78 is 22.6. The summed E-state index contributed by atoms with van der Waals surface area (Å²) in [5.41, 5.74) is 6.98. The van der Waals surface area contributed by atoms with Crippen molar-refractivity contribution in [2.24, 2.45) is 10.7 Å². The first-order chi connectivity index (χ1) is 12.6. The zero-order chi connectivity index (χ0) is 18.4. The third kappa shape index (κ3) is 5.86. The highest BCUT2D eigenvalue weighted by molar-refractivity contribution is 14.0. The predicted octanol–water partition coefficient (Wildman–Crippen LogP) is 2.80. The zero-order valence-electron chi connectivity index (χ0n) is 16.0. The molecule has 3 N–H and O–H groups in total. The van der Waals surface area contributed by atoms with E-state index in [1.165, 1.54) is 19.3 Å². The van der Waals surface area contributed by atoms with E-state index in [-0.39, 0.29) is 35.9 Å². The van der Waals surface area contributed by atoms with Crippen molar-refractivity contribution in [3.63, 3.8) is 0 Å². The molecule has 1 atom stereocenters. The highest BCUT2D eigenvalue weighted by Gasteiger charge is 2.41. The molecule has 0 radical (unpaired) electrons. The van der Waals surface area contributed by atoms with Crippen LogP contribution in [0.15, 0.2) is 23.2 Å². The second kappa shape index (κ2) is 10.3. The summed E-state index contributed by atoms with van der Waals surface area (Å²) in [6, 6.07) is 5.70. The Balaban J connectivity index is 0.00000261. The summed E-state index contributed by atoms with van der Waals surface area (Å²) in [7, 11) is 3.23. The Morgan fingerprint density at radius 2 is 1.96 bits per heavy atom. The molecule has 8 heteroatoms. The Labute approximate surface area is 178 Å². The lowest BCUT2D eigenvalue weighted by Gasteiger charge is -2.31. The van der Waals surface area contributed by atoms with Crippen LogP contribution in [0, 0.1) is 0 Å². The van der Waals surface area contributed by atoms with Gasteiger partial charge in [0.05, 0.1) is 27.4 Å². The van der Waals surface area contributed by atoms with Gasteiger partial charge in [-0.2, -0.15) is 0 Å². The first-order valence-corrected chi connectivity index (χ1v) is 9.20. The van der Waals surface area contributed by atoms with Gasteiger partial charge in [-0.3, -0.25) is 0 Å². The number of hydrogen-bond acceptors (Lipinski definition) is 5. The maximum Gasteiger partial charge on any atom is 0.189 e. The molecule has 0 aromatic heterocycles. The summed E-state index contributed by atoms with van der Waals surface area (Å²) in [6.45, 7) is 1.67. The Bertz CT molecular complexity index is 635. The number of guanidine groups is 1. The summed E-state index contributed by atoms with van der Waals surface area (Å²) >= 11 is 0. The molecule has 3 rings (SSSR count). The average molecular weight is 491 g/mol. The van der Waals surface area contributed by atoms with E-state index < -0.39 is 0 Å². The molecule has 1 aliphatic heterocycles. The van der Waals surface area contributed by atoms with Crippen LogP contribution in [0.4, 0.5) is 0 Å². The van der Waals surface area contributed by atoms with Crippen molar-refractivity contribution in [2.45, 2.75) is 50.5 Å². The highest BCUT2D eigenvalue weighted by atomic mass is 127. The molecule has 1 aliphatic carbocycles. The van der Waals surface area contributed by atoms with E-state index in [0.29, 0.717) is 37.2 Å². The Morgan fingerprint density at radius 3 is 2.67 bits per heavy atom. The zero-order valence-corrected chi connectivity index (χ0v) is 18.4. The Morgan fingerprint density at radius 1 is 1.22 bits per heavy atom. The number of hydrogen-bond donors (Lipinski definition) is 2. The third-order valence-electron chi connectivity index (χ3n) is 4.92. The van der Waals surface area contributed by atoms with Crippen molar-refractivity contribution in [3.8, 4) is 11.5 Å². The van der Waals surface area contributed by atoms with E-state index in [1.54, 1.807) is 14.2 Å². The molecule has 2 fully saturated rings. The van der Waals surface area contributed by atoms with Crippen molar-refractivity contribution in [2.75, 3.05) is 27.4 Å². The predicted molar refractivity (Wildman–Crippen MR) is 115 cm³/mol. The molecular formula is C19H30IN3O4. The second-order valence-electron chi connectivity index (χ2n) is 6.79. The van der Waals surface area contributed by atoms with Gasteiger partial charge in [0.25, 0.3) is 0 Å². The van der Waals surface area contributed by atoms with Crippen molar-refractivity contribution in [1.29, 1.82) is 0 Å². The topological polar surface area (TPSA) is 87.3 Å². The van der Waals surface area contributed by atoms with Crippen LogP contribution in [0.25, 0.3) is 0 Å². The third-order valence-corrected chi connectivity index (χ3v) is 4.92. The van der Waals surface area contributed by atoms with Gasteiger partial charge in [-0.1, -0.05) is 12.5 Å². The standard InChI is InChI=1S/C19H29N3O4.HI/c1-23-16-7-6-14(10-17(16)24-2)11-21-18(20)22-12-15-13-25-19(26-15)8-4-3-5-9-19;/h6-7,10,15H,3-5,8-9,11-13H2,1-2H3,(H3,20,21,22);1H. The molecular weight excluding hydrogens is 461 g/mol. The molecule has 0 bridgehead atoms. The number of nitrogens with zero attached hydrogens (tertiary/aromatic N) is 1. The summed E-state index contributed by atoms with van der Waals surface area (Å²) in [6.07, 6.45) is 5.62. The molecule has 27 heavy (non-hydrogen) atoms. The van der Waals surface area contributed by atoms with Crippen LogP contribution >= 0.6 is 24.0 Å². The smallest absolute Gasteiger partial charge is 0.189 e. The lowest BCUT2D eigenvalue weighted by atomic mass is 9.94. The molecule has 152 valence electrons. The van der Waals surface area contributed by atoms with Gasteiger partial charge in [-0.25, -0.2) is 4.99 Å². The quantitative estimate of drug-likeness (QED) is 0.362. The minimum absolute atomic E-state index is 0. The first-order valence-electron chi connectivity index (χ1n) is 9.20. The molecule has 7 nitrogen and oxygen atoms in total. The first kappa shape index (κ1) is 22.0. The van der Waals surface area contributed by atoms with E-state index >= 15 is 0 Å². The monoisotopic (exact) mass is 491 g/mol. The molecule has 1 unspecified atom stereocenters. The molecule has 1 aromatic rings. The number of nitrogens with one attached hydrogen (secondary N) is 1. The van der Waals surface area contributed by atoms with Crippen LogP contribution in [0.5, 0.6) is 11.5 Å². The Hall–Kier alpha value is -1.26. The summed E-state index contributed by atoms with van der Waals surface area (Å²) in [5.74, 6) is 1.42. The molecule has 2 aliphatic rings. The van der Waals surface area contributed by atoms with Crippen LogP contribution in [0.2, 0.25) is 0 Å². The maximum atomic E-state index is 6.13. The van der Waals surface area contributed by atoms with Crippen molar-refractivity contribution in [3.05, 3.63) is 23.8 Å². The number of rotatable bonds is 6. The number of ether oxygens (including phenoxy) is 4. The van der Waals surface area contributed by atoms with E-state index in [9.17, 15) is 0 Å². The molecule has 1 saturated heterocycles. The number of nitrogens with two attached hydrogens (primary N) is 1. The minimum atomic E-state index is -0.351. The van der Waals surface area contributed by atoms with Gasteiger partial charge in [0.1, 0.15) is 6.10 Å². The minimum Gasteiger partial charge on any atom is -0.493 e. The van der Waals surface area contributed by atoms with Crippen molar-refractivity contribution in [1.82, 2.24) is 5.32 Å². The fraction of sp³-hybridized carbons (Fsp3) is 0.632. The fourth-order valence-electron chi connectivity index (χ4n) is 3.50. The van der Waals surface area contributed by atoms with E-state index in [0.717, 1.165) is 18.4 Å². The van der Waals surface area contributed by atoms with Crippen LogP contribution < -0.4 is 20.5 Å². The van der Waals surface area contributed by atoms with Gasteiger partial charge in [-0.05, 0) is 30.5 Å². The van der Waals surface area contributed by atoms with Crippen LogP contribution in [0.3, 0.4) is 0 Å². The van der Waals surface area contributed by atoms with Crippen molar-refractivity contribution < 1.29 is 18.9 Å². The fourth-order valence-corrected chi connectivity index (χ4v) is 3.50. The average Bonchev–Trinajstić information content (AvgIpc) is 3.07. The van der Waals surface area contributed by atoms with Gasteiger partial charge < -0.3 is 30.0 Å². The van der Waals surface area contributed by atoms with Gasteiger partial charge in [0.15, 0.2) is 23.2 Å². The van der Waals surface area contributed by atoms with Gasteiger partial charge in [0, 0.05) is 19.4 Å². The van der Waals surface area contributed by atoms with Crippen LogP contribution in [-0.2, 0) is 16.0 Å². The van der Waals surface area contributed by atoms with Crippen LogP contribution in [-0.4, -0.2) is 45.2 Å². The molecule has 1 aromatic carbocycles. The number of benzene rings is 1. The lowest BCUT2D eigenvalue weighted by molar-refractivity contribution is -0.186. The van der Waals surface area contributed by atoms with Crippen molar-refractivity contribution >= 4 is 29.9 Å². The summed E-state index contributed by atoms with van der Waals surface area (Å²) in [4.78, 5) is 4.38. The molecule has 1 heterocycles. The second-order valence-corrected chi connectivity index (χ2v) is 6.79. The highest BCUT2D eigenvalue weighted by Crippen LogP contribution is 2.37. The van der Waals surface area contributed by atoms with Gasteiger partial charge in [0.2, 0.25) is 0 Å². The summed E-state index contributed by atoms with van der Waals surface area (Å²) in [5, 5.41) is 3.13. The molecule has 1 spiro atoms. The molecule has 1 saturated carbocycles. The number of aliphatic imine (C=N–C) groups is 1. The SMILES string of the molecule is COc1ccc(CN=C(N)NCC2COC3(CCCCC3)O2)cc1OC.I. The Kier molecular flexibility index (Phi) is 8.43.